The van der Waals surface area contributed by atoms with Crippen LogP contribution in [0.4, 0.5) is 4.79 Å². The predicted molar refractivity (Wildman–Crippen MR) is 180 cm³/mol. The number of fused-ring (bicyclic) bond motifs is 1. The summed E-state index contributed by atoms with van der Waals surface area (Å²) >= 11 is 1.11. The van der Waals surface area contributed by atoms with Gasteiger partial charge in [0, 0.05) is 32.7 Å². The highest BCUT2D eigenvalue weighted by atomic mass is 32.2. The van der Waals surface area contributed by atoms with Crippen LogP contribution in [-0.2, 0) is 29.2 Å². The van der Waals surface area contributed by atoms with E-state index in [9.17, 15) is 32.4 Å². The molecule has 5 amide bonds. The zero-order chi connectivity index (χ0) is 35.3. The van der Waals surface area contributed by atoms with E-state index in [2.05, 4.69) is 27.8 Å². The molecule has 1 aliphatic heterocycles. The number of hydrogen-bond acceptors (Lipinski definition) is 8. The van der Waals surface area contributed by atoms with Gasteiger partial charge in [-0.25, -0.2) is 13.2 Å². The van der Waals surface area contributed by atoms with Crippen LogP contribution < -0.4 is 21.3 Å². The molecule has 2 fully saturated rings. The van der Waals surface area contributed by atoms with Gasteiger partial charge < -0.3 is 26.2 Å². The predicted octanol–water partition coefficient (Wildman–Crippen LogP) is 2.11. The standard InChI is InChI=1S/C32H50N6O7S2/c1-9-15-33-27(40)22(39)17-34-28(41)25-21-13-10-12-20(21)18-38(25)29(42)26(32(5,6)7)36-30(43)35-23(31(2,3)4)19-37(8)47(44,45)24-14-11-16-46-24/h9,11,14,16,20-21,23,25-26H,1,10,12-13,15,17-19H2,2-8H3,(H,33,40)(H,34,41)(H2,35,36,43)/t20-,21-,23+,25-,26+/m0/s1. The van der Waals surface area contributed by atoms with Crippen LogP contribution in [0.25, 0.3) is 0 Å². The van der Waals surface area contributed by atoms with E-state index in [0.29, 0.717) is 6.54 Å². The number of hydrogen-bond donors (Lipinski definition) is 4. The average Bonchev–Trinajstić information content (AvgIpc) is 3.74. The van der Waals surface area contributed by atoms with E-state index in [1.807, 2.05) is 41.5 Å². The average molecular weight is 695 g/mol. The highest BCUT2D eigenvalue weighted by molar-refractivity contribution is 7.91. The second kappa shape index (κ2) is 15.3. The Bertz CT molecular complexity index is 1430. The zero-order valence-electron chi connectivity index (χ0n) is 28.4. The van der Waals surface area contributed by atoms with Gasteiger partial charge in [-0.15, -0.1) is 17.9 Å². The van der Waals surface area contributed by atoms with Crippen molar-refractivity contribution in [3.8, 4) is 0 Å². The number of sulfonamides is 1. The Labute approximate surface area is 282 Å². The van der Waals surface area contributed by atoms with Crippen LogP contribution in [0.3, 0.4) is 0 Å². The summed E-state index contributed by atoms with van der Waals surface area (Å²) in [5, 5.41) is 12.4. The van der Waals surface area contributed by atoms with Gasteiger partial charge in [0.2, 0.25) is 17.6 Å². The van der Waals surface area contributed by atoms with Crippen molar-refractivity contribution in [3.05, 3.63) is 30.2 Å². The summed E-state index contributed by atoms with van der Waals surface area (Å²) in [4.78, 5) is 67.1. The SMILES string of the molecule is C=CCNC(=O)C(=O)CNC(=O)[C@@H]1[C@H]2CCC[C@H]2CN1C(=O)[C@@H](NC(=O)N[C@H](CN(C)S(=O)(=O)c1cccs1)C(C)(C)C)C(C)(C)C. The third kappa shape index (κ3) is 9.41. The van der Waals surface area contributed by atoms with E-state index < -0.39 is 75.1 Å². The minimum absolute atomic E-state index is 0.00660. The van der Waals surface area contributed by atoms with Gasteiger partial charge in [-0.1, -0.05) is 60.1 Å². The van der Waals surface area contributed by atoms with Crippen molar-refractivity contribution in [1.82, 2.24) is 30.5 Å². The number of amides is 5. The number of Topliss-reactive ketones (excluding diaryl/α,β-unsaturated/α-hetero) is 1. The van der Waals surface area contributed by atoms with Gasteiger partial charge in [-0.3, -0.25) is 19.2 Å². The van der Waals surface area contributed by atoms with Crippen molar-refractivity contribution in [2.45, 2.75) is 83.1 Å². The Morgan fingerprint density at radius 1 is 1.06 bits per heavy atom. The number of urea groups is 1. The first kappa shape index (κ1) is 38.2. The third-order valence-corrected chi connectivity index (χ3v) is 12.1. The van der Waals surface area contributed by atoms with Gasteiger partial charge in [0.05, 0.1) is 6.54 Å². The Morgan fingerprint density at radius 2 is 1.74 bits per heavy atom. The number of nitrogens with one attached hydrogen (secondary N) is 4. The van der Waals surface area contributed by atoms with E-state index in [-0.39, 0.29) is 29.1 Å². The normalized spacial score (nSPS) is 21.0. The van der Waals surface area contributed by atoms with Crippen LogP contribution in [0.1, 0.15) is 60.8 Å². The Balaban J connectivity index is 1.77. The largest absolute Gasteiger partial charge is 0.347 e. The lowest BCUT2D eigenvalue weighted by molar-refractivity contribution is -0.143. The molecule has 0 unspecified atom stereocenters. The van der Waals surface area contributed by atoms with Crippen LogP contribution in [-0.4, -0.2) is 98.5 Å². The molecule has 13 nitrogen and oxygen atoms in total. The number of carbonyl (C=O) groups excluding carboxylic acids is 5. The first-order valence-corrected chi connectivity index (χ1v) is 18.2. The van der Waals surface area contributed by atoms with Gasteiger partial charge in [-0.05, 0) is 47.0 Å². The maximum atomic E-state index is 14.2. The molecule has 1 aliphatic carbocycles. The fourth-order valence-electron chi connectivity index (χ4n) is 6.08. The van der Waals surface area contributed by atoms with Gasteiger partial charge in [0.25, 0.3) is 15.9 Å². The first-order chi connectivity index (χ1) is 21.8. The molecule has 0 spiro atoms. The number of thiophene rings is 1. The molecule has 1 aromatic rings. The molecule has 2 aliphatic rings. The second-order valence-electron chi connectivity index (χ2n) is 14.5. The van der Waals surface area contributed by atoms with Crippen molar-refractivity contribution in [1.29, 1.82) is 0 Å². The molecule has 2 heterocycles. The molecule has 1 saturated carbocycles. The molecule has 1 saturated heterocycles. The number of likely N-dealkylation sites (tertiary alicyclic amines) is 1. The van der Waals surface area contributed by atoms with E-state index in [1.54, 1.807) is 11.4 Å². The Hall–Kier alpha value is -3.30. The fourth-order valence-corrected chi connectivity index (χ4v) is 8.47. The van der Waals surface area contributed by atoms with Crippen molar-refractivity contribution < 1.29 is 32.4 Å². The maximum absolute atomic E-state index is 14.2. The minimum atomic E-state index is -3.76. The first-order valence-electron chi connectivity index (χ1n) is 15.9. The Kier molecular flexibility index (Phi) is 12.4. The van der Waals surface area contributed by atoms with Crippen LogP contribution >= 0.6 is 11.3 Å². The van der Waals surface area contributed by atoms with Crippen molar-refractivity contribution in [3.63, 3.8) is 0 Å². The summed E-state index contributed by atoms with van der Waals surface area (Å²) < 4.78 is 27.6. The van der Waals surface area contributed by atoms with E-state index in [0.717, 1.165) is 30.6 Å². The van der Waals surface area contributed by atoms with Crippen LogP contribution in [0.5, 0.6) is 0 Å². The number of nitrogens with zero attached hydrogens (tertiary/aromatic N) is 2. The molecule has 3 rings (SSSR count). The summed E-state index contributed by atoms with van der Waals surface area (Å²) in [7, 11) is -2.30. The van der Waals surface area contributed by atoms with Crippen molar-refractivity contribution >= 4 is 50.9 Å². The molecule has 0 aromatic carbocycles. The monoisotopic (exact) mass is 694 g/mol. The van der Waals surface area contributed by atoms with E-state index in [1.165, 1.54) is 28.4 Å². The number of carbonyl (C=O) groups is 5. The molecule has 262 valence electrons. The molecular weight excluding hydrogens is 645 g/mol. The smallest absolute Gasteiger partial charge is 0.315 e. The minimum Gasteiger partial charge on any atom is -0.347 e. The number of ketones is 1. The number of likely N-dealkylation sites (N-methyl/N-ethyl adjacent to an activating group) is 1. The Morgan fingerprint density at radius 3 is 2.32 bits per heavy atom. The summed E-state index contributed by atoms with van der Waals surface area (Å²) in [6.07, 6.45) is 3.94. The fraction of sp³-hybridized carbons (Fsp3) is 0.656. The van der Waals surface area contributed by atoms with Crippen molar-refractivity contribution in [2.75, 3.05) is 33.2 Å². The molecule has 1 aromatic heterocycles. The lowest BCUT2D eigenvalue weighted by atomic mass is 9.85. The number of rotatable bonds is 13. The third-order valence-electron chi connectivity index (χ3n) is 8.86. The van der Waals surface area contributed by atoms with Gasteiger partial charge in [0.1, 0.15) is 16.3 Å². The van der Waals surface area contributed by atoms with Crippen molar-refractivity contribution in [2.24, 2.45) is 22.7 Å². The van der Waals surface area contributed by atoms with Crippen LogP contribution in [0.2, 0.25) is 0 Å². The maximum Gasteiger partial charge on any atom is 0.315 e. The zero-order valence-corrected chi connectivity index (χ0v) is 30.1. The molecule has 15 heteroatoms. The molecule has 4 N–H and O–H groups in total. The highest BCUT2D eigenvalue weighted by Crippen LogP contribution is 2.43. The lowest BCUT2D eigenvalue weighted by Gasteiger charge is -2.38. The van der Waals surface area contributed by atoms with Gasteiger partial charge in [-0.2, -0.15) is 4.31 Å². The topological polar surface area (TPSA) is 174 Å². The van der Waals surface area contributed by atoms with Gasteiger partial charge in [0.15, 0.2) is 0 Å². The van der Waals surface area contributed by atoms with Crippen LogP contribution in [0, 0.1) is 22.7 Å². The lowest BCUT2D eigenvalue weighted by Crippen LogP contribution is -2.62. The summed E-state index contributed by atoms with van der Waals surface area (Å²) in [5.41, 5.74) is -1.31. The molecular formula is C32H50N6O7S2. The molecule has 0 radical (unpaired) electrons. The molecule has 47 heavy (non-hydrogen) atoms. The highest BCUT2D eigenvalue weighted by Gasteiger charge is 2.51. The van der Waals surface area contributed by atoms with E-state index >= 15 is 0 Å². The summed E-state index contributed by atoms with van der Waals surface area (Å²) in [5.74, 6) is -2.60. The quantitative estimate of drug-likeness (QED) is 0.181. The molecule has 0 bridgehead atoms. The molecule has 5 atom stereocenters. The van der Waals surface area contributed by atoms with E-state index in [4.69, 9.17) is 0 Å². The van der Waals surface area contributed by atoms with Gasteiger partial charge >= 0.3 is 6.03 Å². The summed E-state index contributed by atoms with van der Waals surface area (Å²) in [6.45, 7) is 14.5. The summed E-state index contributed by atoms with van der Waals surface area (Å²) in [6, 6.07) is 0.0399. The second-order valence-corrected chi connectivity index (χ2v) is 17.7. The van der Waals surface area contributed by atoms with Crippen LogP contribution in [0.15, 0.2) is 34.4 Å².